The van der Waals surface area contributed by atoms with E-state index in [0.717, 1.165) is 0 Å². The minimum Gasteiger partial charge on any atom is -0.0776 e. The van der Waals surface area contributed by atoms with E-state index in [1.807, 2.05) is 194 Å². The zero-order valence-electron chi connectivity index (χ0n) is 28.0. The molecule has 0 aromatic rings. The van der Waals surface area contributed by atoms with Gasteiger partial charge in [-0.3, -0.25) is 0 Å². The lowest BCUT2D eigenvalue weighted by Crippen LogP contribution is -0.856. The molecule has 0 aromatic carbocycles. The van der Waals surface area contributed by atoms with Crippen molar-refractivity contribution in [1.82, 2.24) is 0 Å². The first-order valence-corrected chi connectivity index (χ1v) is 14.0. The summed E-state index contributed by atoms with van der Waals surface area (Å²) in [5, 5.41) is 0. The van der Waals surface area contributed by atoms with Crippen molar-refractivity contribution in [3.8, 4) is 0 Å². The molecule has 0 spiro atoms. The SMILES string of the molecule is C.CC.CC.CC.CC.CC.CC.CC.CC.CC.CC.CC.CC.CC.CC. The Morgan fingerprint density at radius 2 is 0.103 bits per heavy atom. The molecule has 0 aliphatic heterocycles. The van der Waals surface area contributed by atoms with Gasteiger partial charge in [0.25, 0.3) is 0 Å². The topological polar surface area (TPSA) is 0 Å². The van der Waals surface area contributed by atoms with Crippen molar-refractivity contribution < 1.29 is 0 Å². The molecule has 0 amide bonds. The van der Waals surface area contributed by atoms with Crippen molar-refractivity contribution in [3.63, 3.8) is 0 Å². The van der Waals surface area contributed by atoms with Crippen LogP contribution in [0.4, 0.5) is 0 Å². The van der Waals surface area contributed by atoms with E-state index in [1.54, 1.807) is 0 Å². The summed E-state index contributed by atoms with van der Waals surface area (Å²) in [6.45, 7) is 56.0. The van der Waals surface area contributed by atoms with Gasteiger partial charge in [0.05, 0.1) is 0 Å². The quantitative estimate of drug-likeness (QED) is 0.354. The van der Waals surface area contributed by atoms with Crippen LogP contribution in [0.3, 0.4) is 0 Å². The molecular weight excluding hydrogens is 348 g/mol. The molecule has 0 unspecified atom stereocenters. The Hall–Kier alpha value is 0. The van der Waals surface area contributed by atoms with Crippen molar-refractivity contribution >= 4 is 0 Å². The fourth-order valence-electron chi connectivity index (χ4n) is 0. The van der Waals surface area contributed by atoms with E-state index < -0.39 is 0 Å². The largest absolute Gasteiger partial charge is 0.0776 e. The predicted molar refractivity (Wildman–Crippen MR) is 166 cm³/mol. The van der Waals surface area contributed by atoms with Gasteiger partial charge in [-0.1, -0.05) is 201 Å². The van der Waals surface area contributed by atoms with Crippen LogP contribution in [0.5, 0.6) is 0 Å². The highest BCUT2D eigenvalue weighted by atomic mass is 13.0. The lowest BCUT2D eigenvalue weighted by atomic mass is 11.0. The summed E-state index contributed by atoms with van der Waals surface area (Å²) in [5.41, 5.74) is 0. The molecule has 0 heteroatoms. The standard InChI is InChI=1S/14C2H6.CH4/c14*1-2;/h14*1-2H3;1H4. The Bertz CT molecular complexity index is 0. The maximum atomic E-state index is 2.00. The van der Waals surface area contributed by atoms with Gasteiger partial charge in [-0.2, -0.15) is 0 Å². The van der Waals surface area contributed by atoms with Crippen molar-refractivity contribution in [2.75, 3.05) is 0 Å². The molecule has 0 saturated carbocycles. The molecule has 29 heavy (non-hydrogen) atoms. The van der Waals surface area contributed by atoms with Gasteiger partial charge in [0, 0.05) is 0 Å². The minimum absolute atomic E-state index is 0. The first-order valence-electron chi connectivity index (χ1n) is 14.0. The molecule has 0 fully saturated rings. The van der Waals surface area contributed by atoms with Crippen LogP contribution in [0, 0.1) is 0 Å². The van der Waals surface area contributed by atoms with Crippen LogP contribution in [-0.2, 0) is 0 Å². The maximum absolute atomic E-state index is 2.00. The zero-order chi connectivity index (χ0) is 28.0. The highest BCUT2D eigenvalue weighted by Crippen LogP contribution is 1.17. The average Bonchev–Trinajstić information content (AvgIpc) is 2.95. The summed E-state index contributed by atoms with van der Waals surface area (Å²) in [6.07, 6.45) is 0. The average molecular weight is 437 g/mol. The van der Waals surface area contributed by atoms with Crippen LogP contribution >= 0.6 is 0 Å². The summed E-state index contributed by atoms with van der Waals surface area (Å²) in [7, 11) is 0. The summed E-state index contributed by atoms with van der Waals surface area (Å²) >= 11 is 0. The minimum atomic E-state index is 0. The van der Waals surface area contributed by atoms with Gasteiger partial charge in [0.1, 0.15) is 0 Å². The third kappa shape index (κ3) is 0. The second-order valence-corrected chi connectivity index (χ2v) is 0. The zero-order valence-corrected chi connectivity index (χ0v) is 28.0. The van der Waals surface area contributed by atoms with Crippen LogP contribution in [0.25, 0.3) is 0 Å². The monoisotopic (exact) mass is 437 g/mol. The molecule has 0 radical (unpaired) electrons. The molecule has 0 nitrogen and oxygen atoms in total. The van der Waals surface area contributed by atoms with Crippen LogP contribution in [0.15, 0.2) is 0 Å². The van der Waals surface area contributed by atoms with E-state index >= 15 is 0 Å². The smallest absolute Gasteiger partial charge is 0.0683 e. The predicted octanol–water partition coefficient (Wildman–Crippen LogP) is 15.0. The van der Waals surface area contributed by atoms with Crippen molar-refractivity contribution in [3.05, 3.63) is 0 Å². The fraction of sp³-hybridized carbons (Fsp3) is 1.00. The molecule has 0 saturated heterocycles. The van der Waals surface area contributed by atoms with E-state index in [9.17, 15) is 0 Å². The molecule has 0 N–H and O–H groups in total. The van der Waals surface area contributed by atoms with Crippen LogP contribution < -0.4 is 0 Å². The Labute approximate surface area is 201 Å². The first kappa shape index (κ1) is 116. The van der Waals surface area contributed by atoms with Gasteiger partial charge in [-0.05, 0) is 0 Å². The summed E-state index contributed by atoms with van der Waals surface area (Å²) < 4.78 is 0. The lowest BCUT2D eigenvalue weighted by Gasteiger charge is -1.07. The summed E-state index contributed by atoms with van der Waals surface area (Å²) in [5.74, 6) is 0. The Balaban J connectivity index is -0.00000000558. The van der Waals surface area contributed by atoms with E-state index in [4.69, 9.17) is 0 Å². The summed E-state index contributed by atoms with van der Waals surface area (Å²) in [4.78, 5) is 0. The van der Waals surface area contributed by atoms with Crippen LogP contribution in [0.1, 0.15) is 201 Å². The molecule has 0 aromatic heterocycles. The summed E-state index contributed by atoms with van der Waals surface area (Å²) in [6, 6.07) is 0. The molecule has 0 atom stereocenters. The Morgan fingerprint density at radius 3 is 0.103 bits per heavy atom. The number of rotatable bonds is 0. The highest BCUT2D eigenvalue weighted by Gasteiger charge is 0.958. The van der Waals surface area contributed by atoms with E-state index in [2.05, 4.69) is 0 Å². The molecular formula is C29H88. The van der Waals surface area contributed by atoms with Gasteiger partial charge in [0.15, 0.2) is 0 Å². The Kier molecular flexibility index (Phi) is 0. The number of hydrogen-bond acceptors (Lipinski definition) is 0. The Morgan fingerprint density at radius 1 is 0.103 bits per heavy atom. The van der Waals surface area contributed by atoms with Gasteiger partial charge < -0.3 is 0 Å². The van der Waals surface area contributed by atoms with Crippen LogP contribution in [0.2, 0.25) is 0 Å². The number of hydrogen-bond donors (Lipinski definition) is 0. The third-order valence-corrected chi connectivity index (χ3v) is 0. The lowest BCUT2D eigenvalue weighted by molar-refractivity contribution is 1.50. The highest BCUT2D eigenvalue weighted by molar-refractivity contribution is 3.53. The second-order valence-electron chi connectivity index (χ2n) is 0. The molecule has 204 valence electrons. The second kappa shape index (κ2) is 0. The molecule has 0 heterocycles. The molecule has 0 aliphatic rings. The molecule has 0 rings (SSSR count). The van der Waals surface area contributed by atoms with Crippen molar-refractivity contribution in [2.45, 2.75) is 201 Å². The van der Waals surface area contributed by atoms with Crippen molar-refractivity contribution in [2.24, 2.45) is 0 Å². The molecule has 0 aliphatic carbocycles. The van der Waals surface area contributed by atoms with E-state index in [0.29, 0.717) is 0 Å². The normalized spacial score (nSPS) is 2.90. The van der Waals surface area contributed by atoms with Crippen molar-refractivity contribution in [1.29, 1.82) is 0 Å². The third-order valence-electron chi connectivity index (χ3n) is 0. The van der Waals surface area contributed by atoms with Crippen LogP contribution in [-0.4, -0.2) is 0 Å². The van der Waals surface area contributed by atoms with Gasteiger partial charge in [-0.25, -0.2) is 0 Å². The van der Waals surface area contributed by atoms with E-state index in [1.165, 1.54) is 0 Å². The maximum Gasteiger partial charge on any atom is -0.0683 e. The van der Waals surface area contributed by atoms with Gasteiger partial charge >= 0.3 is 0 Å². The first-order chi connectivity index (χ1) is 14.0. The van der Waals surface area contributed by atoms with Gasteiger partial charge in [0.2, 0.25) is 0 Å². The molecule has 0 bridgehead atoms. The fourth-order valence-corrected chi connectivity index (χ4v) is 0. The van der Waals surface area contributed by atoms with Gasteiger partial charge in [-0.15, -0.1) is 0 Å². The van der Waals surface area contributed by atoms with E-state index in [-0.39, 0.29) is 7.43 Å².